The maximum Gasteiger partial charge on any atom is 0.316 e. The number of anilines is 1. The van der Waals surface area contributed by atoms with E-state index in [1.54, 1.807) is 0 Å². The van der Waals surface area contributed by atoms with Crippen LogP contribution in [0.5, 0.6) is 11.5 Å². The first-order valence-electron chi connectivity index (χ1n) is 4.73. The number of benzene rings is 1. The van der Waals surface area contributed by atoms with Crippen LogP contribution in [-0.2, 0) is 0 Å². The van der Waals surface area contributed by atoms with Crippen molar-refractivity contribution >= 4 is 33.6 Å². The third-order valence-electron chi connectivity index (χ3n) is 2.13. The van der Waals surface area contributed by atoms with Gasteiger partial charge in [0.2, 0.25) is 0 Å². The largest absolute Gasteiger partial charge is 0.493 e. The fourth-order valence-electron chi connectivity index (χ4n) is 1.39. The van der Waals surface area contributed by atoms with E-state index in [0.717, 1.165) is 0 Å². The molecular formula is C10H12BrN3O4. The Labute approximate surface area is 112 Å². The number of nitrogens with two attached hydrogens (primary N) is 2. The van der Waals surface area contributed by atoms with Crippen LogP contribution >= 0.6 is 15.9 Å². The molecule has 1 rings (SSSR count). The Bertz CT molecular complexity index is 504. The third kappa shape index (κ3) is 2.65. The van der Waals surface area contributed by atoms with Gasteiger partial charge in [0.1, 0.15) is 0 Å². The van der Waals surface area contributed by atoms with E-state index < -0.39 is 11.9 Å². The number of ether oxygens (including phenoxy) is 2. The second-order valence-corrected chi connectivity index (χ2v) is 4.00. The van der Waals surface area contributed by atoms with Crippen molar-refractivity contribution in [3.05, 3.63) is 16.1 Å². The maximum atomic E-state index is 11.3. The summed E-state index contributed by atoms with van der Waals surface area (Å²) >= 11 is 3.20. The number of urea groups is 1. The summed E-state index contributed by atoms with van der Waals surface area (Å²) in [6, 6.07) is 0.530. The lowest BCUT2D eigenvalue weighted by atomic mass is 10.1. The van der Waals surface area contributed by atoms with Crippen molar-refractivity contribution in [3.63, 3.8) is 0 Å². The SMILES string of the molecule is COc1cc(C(N)=O)c(NC(N)=O)c(Br)c1OC. The molecule has 1 aromatic rings. The van der Waals surface area contributed by atoms with E-state index in [4.69, 9.17) is 20.9 Å². The Morgan fingerprint density at radius 3 is 2.28 bits per heavy atom. The molecular weight excluding hydrogens is 306 g/mol. The van der Waals surface area contributed by atoms with Crippen LogP contribution in [0.25, 0.3) is 0 Å². The van der Waals surface area contributed by atoms with Crippen LogP contribution in [0.1, 0.15) is 10.4 Å². The van der Waals surface area contributed by atoms with Gasteiger partial charge in [-0.3, -0.25) is 4.79 Å². The molecule has 1 aromatic carbocycles. The smallest absolute Gasteiger partial charge is 0.316 e. The summed E-state index contributed by atoms with van der Waals surface area (Å²) in [5, 5.41) is 2.30. The molecule has 8 heteroatoms. The van der Waals surface area contributed by atoms with Crippen LogP contribution in [0, 0.1) is 0 Å². The number of halogens is 1. The normalized spacial score (nSPS) is 9.72. The molecule has 0 aliphatic rings. The number of rotatable bonds is 4. The van der Waals surface area contributed by atoms with Crippen LogP contribution in [0.15, 0.2) is 10.5 Å². The fraction of sp³-hybridized carbons (Fsp3) is 0.200. The molecule has 0 spiro atoms. The van der Waals surface area contributed by atoms with E-state index in [2.05, 4.69) is 21.2 Å². The first kappa shape index (κ1) is 14.1. The number of nitrogens with one attached hydrogen (secondary N) is 1. The molecule has 3 amide bonds. The van der Waals surface area contributed by atoms with Crippen molar-refractivity contribution < 1.29 is 19.1 Å². The molecule has 5 N–H and O–H groups in total. The fourth-order valence-corrected chi connectivity index (χ4v) is 2.06. The molecule has 0 fully saturated rings. The lowest BCUT2D eigenvalue weighted by molar-refractivity contribution is 0.100. The van der Waals surface area contributed by atoms with E-state index in [0.29, 0.717) is 16.0 Å². The molecule has 98 valence electrons. The first-order valence-corrected chi connectivity index (χ1v) is 5.52. The zero-order valence-electron chi connectivity index (χ0n) is 9.74. The lowest BCUT2D eigenvalue weighted by Crippen LogP contribution is -2.23. The van der Waals surface area contributed by atoms with Crippen LogP contribution in [0.3, 0.4) is 0 Å². The molecule has 0 saturated carbocycles. The second-order valence-electron chi connectivity index (χ2n) is 3.20. The molecule has 0 aromatic heterocycles. The molecule has 7 nitrogen and oxygen atoms in total. The summed E-state index contributed by atoms with van der Waals surface area (Å²) in [5.41, 5.74) is 10.4. The highest BCUT2D eigenvalue weighted by molar-refractivity contribution is 9.10. The Hall–Kier alpha value is -1.96. The van der Waals surface area contributed by atoms with Gasteiger partial charge in [-0.1, -0.05) is 0 Å². The third-order valence-corrected chi connectivity index (χ3v) is 2.88. The molecule has 0 heterocycles. The number of hydrogen-bond acceptors (Lipinski definition) is 4. The van der Waals surface area contributed by atoms with Gasteiger partial charge in [-0.15, -0.1) is 0 Å². The summed E-state index contributed by atoms with van der Waals surface area (Å²) in [4.78, 5) is 22.3. The molecule has 0 aliphatic carbocycles. The van der Waals surface area contributed by atoms with E-state index in [1.165, 1.54) is 20.3 Å². The van der Waals surface area contributed by atoms with E-state index in [9.17, 15) is 9.59 Å². The summed E-state index contributed by atoms with van der Waals surface area (Å²) in [6.45, 7) is 0. The number of hydrogen-bond donors (Lipinski definition) is 3. The van der Waals surface area contributed by atoms with Gasteiger partial charge in [0.05, 0.1) is 29.9 Å². The molecule has 0 saturated heterocycles. The molecule has 18 heavy (non-hydrogen) atoms. The highest BCUT2D eigenvalue weighted by atomic mass is 79.9. The predicted molar refractivity (Wildman–Crippen MR) is 69.0 cm³/mol. The minimum Gasteiger partial charge on any atom is -0.493 e. The minimum absolute atomic E-state index is 0.0540. The maximum absolute atomic E-state index is 11.3. The van der Waals surface area contributed by atoms with Gasteiger partial charge in [0, 0.05) is 0 Å². The minimum atomic E-state index is -0.828. The lowest BCUT2D eigenvalue weighted by Gasteiger charge is -2.16. The summed E-state index contributed by atoms with van der Waals surface area (Å²) in [7, 11) is 2.83. The van der Waals surface area contributed by atoms with Crippen molar-refractivity contribution in [2.45, 2.75) is 0 Å². The van der Waals surface area contributed by atoms with Crippen LogP contribution in [-0.4, -0.2) is 26.2 Å². The topological polar surface area (TPSA) is 117 Å². The van der Waals surface area contributed by atoms with Crippen molar-refractivity contribution in [2.75, 3.05) is 19.5 Å². The predicted octanol–water partition coefficient (Wildman–Crippen LogP) is 1.06. The number of amides is 3. The Morgan fingerprint density at radius 1 is 1.28 bits per heavy atom. The molecule has 0 radical (unpaired) electrons. The highest BCUT2D eigenvalue weighted by Crippen LogP contribution is 2.42. The average Bonchev–Trinajstić information content (AvgIpc) is 2.30. The van der Waals surface area contributed by atoms with Crippen molar-refractivity contribution in [1.82, 2.24) is 0 Å². The Kier molecular flexibility index (Phi) is 4.38. The number of carbonyl (C=O) groups excluding carboxylic acids is 2. The molecule has 0 unspecified atom stereocenters. The van der Waals surface area contributed by atoms with Gasteiger partial charge in [-0.25, -0.2) is 4.79 Å². The van der Waals surface area contributed by atoms with Crippen molar-refractivity contribution in [1.29, 1.82) is 0 Å². The van der Waals surface area contributed by atoms with Gasteiger partial charge < -0.3 is 26.3 Å². The van der Waals surface area contributed by atoms with Crippen molar-refractivity contribution in [3.8, 4) is 11.5 Å². The molecule has 0 bridgehead atoms. The van der Waals surface area contributed by atoms with Gasteiger partial charge >= 0.3 is 6.03 Å². The number of primary amides is 2. The molecule has 0 atom stereocenters. The van der Waals surface area contributed by atoms with E-state index >= 15 is 0 Å². The summed E-state index contributed by atoms with van der Waals surface area (Å²) in [5.74, 6) is -0.125. The molecule has 0 aliphatic heterocycles. The van der Waals surface area contributed by atoms with E-state index in [1.807, 2.05) is 0 Å². The second kappa shape index (κ2) is 5.58. The van der Waals surface area contributed by atoms with Gasteiger partial charge in [0.15, 0.2) is 11.5 Å². The van der Waals surface area contributed by atoms with Crippen LogP contribution in [0.4, 0.5) is 10.5 Å². The first-order chi connectivity index (χ1) is 8.42. The standard InChI is InChI=1S/C10H12BrN3O4/c1-17-5-3-4(9(12)15)7(14-10(13)16)6(11)8(5)18-2/h3H,1-2H3,(H2,12,15)(H3,13,14,16). The summed E-state index contributed by atoms with van der Waals surface area (Å²) in [6.07, 6.45) is 0. The average molecular weight is 318 g/mol. The van der Waals surface area contributed by atoms with E-state index in [-0.39, 0.29) is 11.3 Å². The number of methoxy groups -OCH3 is 2. The quantitative estimate of drug-likeness (QED) is 0.769. The number of carbonyl (C=O) groups is 2. The van der Waals surface area contributed by atoms with Crippen LogP contribution in [0.2, 0.25) is 0 Å². The highest BCUT2D eigenvalue weighted by Gasteiger charge is 2.21. The Morgan fingerprint density at radius 2 is 1.89 bits per heavy atom. The zero-order chi connectivity index (χ0) is 13.9. The van der Waals surface area contributed by atoms with Crippen molar-refractivity contribution in [2.24, 2.45) is 11.5 Å². The van der Waals surface area contributed by atoms with Crippen LogP contribution < -0.4 is 26.3 Å². The Balaban J connectivity index is 3.54. The van der Waals surface area contributed by atoms with Gasteiger partial charge in [0.25, 0.3) is 5.91 Å². The monoisotopic (exact) mass is 317 g/mol. The van der Waals surface area contributed by atoms with Gasteiger partial charge in [-0.2, -0.15) is 0 Å². The zero-order valence-corrected chi connectivity index (χ0v) is 11.3. The summed E-state index contributed by atoms with van der Waals surface area (Å²) < 4.78 is 10.5. The van der Waals surface area contributed by atoms with Gasteiger partial charge in [-0.05, 0) is 22.0 Å².